The summed E-state index contributed by atoms with van der Waals surface area (Å²) in [5.74, 6) is -0.825. The van der Waals surface area contributed by atoms with Crippen LogP contribution in [0.5, 0.6) is 0 Å². The van der Waals surface area contributed by atoms with Crippen LogP contribution in [0.25, 0.3) is 0 Å². The quantitative estimate of drug-likeness (QED) is 0.655. The molecule has 20 heavy (non-hydrogen) atoms. The van der Waals surface area contributed by atoms with E-state index in [1.807, 2.05) is 0 Å². The number of ketones is 1. The van der Waals surface area contributed by atoms with Crippen molar-refractivity contribution in [2.24, 2.45) is 0 Å². The van der Waals surface area contributed by atoms with Gasteiger partial charge in [-0.15, -0.1) is 0 Å². The second-order valence-corrected chi connectivity index (χ2v) is 5.71. The van der Waals surface area contributed by atoms with Crippen LogP contribution in [0.15, 0.2) is 18.2 Å². The molecular formula is C16H22FNO2. The van der Waals surface area contributed by atoms with Crippen molar-refractivity contribution in [2.75, 3.05) is 11.9 Å². The molecule has 1 aliphatic carbocycles. The Morgan fingerprint density at radius 3 is 2.55 bits per heavy atom. The van der Waals surface area contributed by atoms with Crippen LogP contribution in [-0.4, -0.2) is 23.0 Å². The number of rotatable bonds is 4. The van der Waals surface area contributed by atoms with Gasteiger partial charge in [0.05, 0.1) is 11.2 Å². The van der Waals surface area contributed by atoms with E-state index in [-0.39, 0.29) is 11.3 Å². The molecule has 0 aliphatic heterocycles. The van der Waals surface area contributed by atoms with E-state index in [0.29, 0.717) is 12.2 Å². The fraction of sp³-hybridized carbons (Fsp3) is 0.562. The van der Waals surface area contributed by atoms with Gasteiger partial charge in [0.25, 0.3) is 0 Å². The molecule has 0 atom stereocenters. The zero-order valence-corrected chi connectivity index (χ0v) is 11.9. The van der Waals surface area contributed by atoms with Crippen molar-refractivity contribution in [3.8, 4) is 0 Å². The van der Waals surface area contributed by atoms with Gasteiger partial charge in [-0.3, -0.25) is 4.79 Å². The molecule has 1 aromatic rings. The zero-order chi connectivity index (χ0) is 14.6. The predicted octanol–water partition coefficient (Wildman–Crippen LogP) is 3.53. The largest absolute Gasteiger partial charge is 0.388 e. The van der Waals surface area contributed by atoms with Gasteiger partial charge < -0.3 is 10.4 Å². The first-order chi connectivity index (χ1) is 9.52. The summed E-state index contributed by atoms with van der Waals surface area (Å²) in [5.41, 5.74) is -0.212. The first-order valence-electron chi connectivity index (χ1n) is 7.27. The van der Waals surface area contributed by atoms with Gasteiger partial charge in [-0.05, 0) is 31.9 Å². The van der Waals surface area contributed by atoms with Gasteiger partial charge in [-0.1, -0.05) is 31.7 Å². The summed E-state index contributed by atoms with van der Waals surface area (Å²) in [4.78, 5) is 11.5. The molecule has 0 heterocycles. The Balaban J connectivity index is 2.10. The molecule has 1 aromatic carbocycles. The van der Waals surface area contributed by atoms with Crippen LogP contribution in [0.1, 0.15) is 55.8 Å². The van der Waals surface area contributed by atoms with Crippen molar-refractivity contribution in [1.82, 2.24) is 0 Å². The summed E-state index contributed by atoms with van der Waals surface area (Å²) in [7, 11) is 0. The minimum absolute atomic E-state index is 0.0738. The molecule has 110 valence electrons. The monoisotopic (exact) mass is 279 g/mol. The van der Waals surface area contributed by atoms with Gasteiger partial charge in [-0.2, -0.15) is 0 Å². The molecule has 1 saturated carbocycles. The molecule has 2 N–H and O–H groups in total. The van der Waals surface area contributed by atoms with Crippen molar-refractivity contribution in [3.05, 3.63) is 29.6 Å². The smallest absolute Gasteiger partial charge is 0.164 e. The number of aliphatic hydroxyl groups is 1. The maximum absolute atomic E-state index is 13.7. The number of benzene rings is 1. The highest BCUT2D eigenvalue weighted by Gasteiger charge is 2.28. The second-order valence-electron chi connectivity index (χ2n) is 5.71. The van der Waals surface area contributed by atoms with Crippen molar-refractivity contribution in [2.45, 2.75) is 51.0 Å². The lowest BCUT2D eigenvalue weighted by Gasteiger charge is -2.27. The predicted molar refractivity (Wildman–Crippen MR) is 77.5 cm³/mol. The highest BCUT2D eigenvalue weighted by molar-refractivity contribution is 5.99. The molecule has 0 radical (unpaired) electrons. The standard InChI is InChI=1S/C16H22FNO2/c1-12(19)15-13(17)7-6-8-14(15)18-11-16(20)9-4-2-3-5-10-16/h6-8,18,20H,2-5,9-11H2,1H3. The summed E-state index contributed by atoms with van der Waals surface area (Å²) < 4.78 is 13.7. The first-order valence-corrected chi connectivity index (χ1v) is 7.27. The number of hydrogen-bond acceptors (Lipinski definition) is 3. The van der Waals surface area contributed by atoms with Gasteiger partial charge in [0.15, 0.2) is 5.78 Å². The number of carbonyl (C=O) groups excluding carboxylic acids is 1. The van der Waals surface area contributed by atoms with Gasteiger partial charge in [-0.25, -0.2) is 4.39 Å². The average molecular weight is 279 g/mol. The van der Waals surface area contributed by atoms with Crippen LogP contribution < -0.4 is 5.32 Å². The zero-order valence-electron chi connectivity index (χ0n) is 11.9. The molecule has 0 amide bonds. The van der Waals surface area contributed by atoms with E-state index >= 15 is 0 Å². The molecule has 0 saturated heterocycles. The number of hydrogen-bond donors (Lipinski definition) is 2. The highest BCUT2D eigenvalue weighted by atomic mass is 19.1. The lowest BCUT2D eigenvalue weighted by Crippen LogP contribution is -2.36. The van der Waals surface area contributed by atoms with Gasteiger partial charge in [0, 0.05) is 12.2 Å². The summed E-state index contributed by atoms with van der Waals surface area (Å²) in [6.45, 7) is 1.71. The van der Waals surface area contributed by atoms with E-state index < -0.39 is 11.4 Å². The number of nitrogens with one attached hydrogen (secondary N) is 1. The third-order valence-electron chi connectivity index (χ3n) is 4.01. The average Bonchev–Trinajstić information content (AvgIpc) is 2.61. The van der Waals surface area contributed by atoms with Gasteiger partial charge in [0.1, 0.15) is 5.82 Å². The maximum Gasteiger partial charge on any atom is 0.164 e. The summed E-state index contributed by atoms with van der Waals surface area (Å²) in [6, 6.07) is 4.53. The van der Waals surface area contributed by atoms with Gasteiger partial charge >= 0.3 is 0 Å². The van der Waals surface area contributed by atoms with E-state index in [9.17, 15) is 14.3 Å². The number of carbonyl (C=O) groups is 1. The third kappa shape index (κ3) is 3.57. The molecule has 4 heteroatoms. The van der Waals surface area contributed by atoms with E-state index in [2.05, 4.69) is 5.32 Å². The minimum Gasteiger partial charge on any atom is -0.388 e. The van der Waals surface area contributed by atoms with E-state index in [4.69, 9.17) is 0 Å². The lowest BCUT2D eigenvalue weighted by atomic mass is 9.94. The number of halogens is 1. The molecule has 1 aliphatic rings. The van der Waals surface area contributed by atoms with Crippen LogP contribution in [-0.2, 0) is 0 Å². The van der Waals surface area contributed by atoms with Crippen molar-refractivity contribution >= 4 is 11.5 Å². The molecular weight excluding hydrogens is 257 g/mol. The van der Waals surface area contributed by atoms with Crippen molar-refractivity contribution in [3.63, 3.8) is 0 Å². The van der Waals surface area contributed by atoms with Crippen molar-refractivity contribution < 1.29 is 14.3 Å². The molecule has 0 unspecified atom stereocenters. The summed E-state index contributed by atoms with van der Waals surface area (Å²) in [6.07, 6.45) is 5.85. The van der Waals surface area contributed by atoms with E-state index in [0.717, 1.165) is 38.5 Å². The van der Waals surface area contributed by atoms with Crippen LogP contribution in [0, 0.1) is 5.82 Å². The topological polar surface area (TPSA) is 49.3 Å². The van der Waals surface area contributed by atoms with Crippen LogP contribution in [0.2, 0.25) is 0 Å². The molecule has 0 bridgehead atoms. The Morgan fingerprint density at radius 2 is 1.95 bits per heavy atom. The fourth-order valence-corrected chi connectivity index (χ4v) is 2.85. The highest BCUT2D eigenvalue weighted by Crippen LogP contribution is 2.28. The summed E-state index contributed by atoms with van der Waals surface area (Å²) in [5, 5.41) is 13.6. The van der Waals surface area contributed by atoms with E-state index in [1.54, 1.807) is 12.1 Å². The van der Waals surface area contributed by atoms with Crippen LogP contribution in [0.4, 0.5) is 10.1 Å². The minimum atomic E-state index is -0.753. The normalized spacial score (nSPS) is 18.4. The number of Topliss-reactive ketones (excluding diaryl/α,β-unsaturated/α-hetero) is 1. The fourth-order valence-electron chi connectivity index (χ4n) is 2.85. The number of anilines is 1. The molecule has 1 fully saturated rings. The Labute approximate surface area is 119 Å². The molecule has 0 aromatic heterocycles. The van der Waals surface area contributed by atoms with E-state index in [1.165, 1.54) is 13.0 Å². The maximum atomic E-state index is 13.7. The van der Waals surface area contributed by atoms with Gasteiger partial charge in [0.2, 0.25) is 0 Å². The molecule has 0 spiro atoms. The molecule has 3 nitrogen and oxygen atoms in total. The Kier molecular flexibility index (Phi) is 4.76. The third-order valence-corrected chi connectivity index (χ3v) is 4.01. The summed E-state index contributed by atoms with van der Waals surface area (Å²) >= 11 is 0. The van der Waals surface area contributed by atoms with Crippen molar-refractivity contribution in [1.29, 1.82) is 0 Å². The van der Waals surface area contributed by atoms with Crippen LogP contribution >= 0.6 is 0 Å². The Bertz CT molecular complexity index is 479. The van der Waals surface area contributed by atoms with Crippen LogP contribution in [0.3, 0.4) is 0 Å². The second kappa shape index (κ2) is 6.35. The Morgan fingerprint density at radius 1 is 1.30 bits per heavy atom. The SMILES string of the molecule is CC(=O)c1c(F)cccc1NCC1(O)CCCCCC1. The first kappa shape index (κ1) is 15.0. The Hall–Kier alpha value is -1.42. The molecule has 2 rings (SSSR count). The lowest BCUT2D eigenvalue weighted by molar-refractivity contribution is 0.0381.